The number of rotatable bonds is 5. The van der Waals surface area contributed by atoms with Gasteiger partial charge in [0.15, 0.2) is 0 Å². The largest absolute Gasteiger partial charge is 0.353 e. The van der Waals surface area contributed by atoms with Crippen molar-refractivity contribution in [2.75, 3.05) is 19.7 Å². The molecule has 0 saturated carbocycles. The van der Waals surface area contributed by atoms with Crippen molar-refractivity contribution in [2.45, 2.75) is 57.8 Å². The Labute approximate surface area is 221 Å². The molecule has 2 aliphatic rings. The average molecular weight is 532 g/mol. The van der Waals surface area contributed by atoms with Gasteiger partial charge in [0, 0.05) is 43.1 Å². The fraction of sp³-hybridized carbons (Fsp3) is 0.444. The second-order valence-electron chi connectivity index (χ2n) is 9.56. The number of nitrogens with zero attached hydrogens (tertiary/aromatic N) is 2. The lowest BCUT2D eigenvalue weighted by Crippen LogP contribution is -2.60. The van der Waals surface area contributed by atoms with E-state index in [1.165, 1.54) is 0 Å². The van der Waals surface area contributed by atoms with Gasteiger partial charge in [0.2, 0.25) is 5.91 Å². The molecule has 4 rings (SSSR count). The van der Waals surface area contributed by atoms with Crippen LogP contribution < -0.4 is 5.32 Å². The Hall–Kier alpha value is -2.61. The third-order valence-corrected chi connectivity index (χ3v) is 7.79. The van der Waals surface area contributed by atoms with Crippen LogP contribution in [0.25, 0.3) is 0 Å². The molecule has 2 aromatic rings. The maximum absolute atomic E-state index is 13.8. The summed E-state index contributed by atoms with van der Waals surface area (Å²) in [5, 5.41) is 3.70. The number of amides is 3. The summed E-state index contributed by atoms with van der Waals surface area (Å²) in [5.41, 5.74) is 0.951. The summed E-state index contributed by atoms with van der Waals surface area (Å²) < 4.78 is 6.25. The zero-order valence-electron chi connectivity index (χ0n) is 20.7. The number of likely N-dealkylation sites (tertiary alicyclic amines) is 1. The van der Waals surface area contributed by atoms with Crippen LogP contribution in [0.15, 0.2) is 42.5 Å². The van der Waals surface area contributed by atoms with Crippen LogP contribution in [0, 0.1) is 6.92 Å². The monoisotopic (exact) mass is 531 g/mol. The highest BCUT2D eigenvalue weighted by Crippen LogP contribution is 2.39. The Morgan fingerprint density at radius 3 is 2.39 bits per heavy atom. The number of carbonyl (C=O) groups is 3. The van der Waals surface area contributed by atoms with E-state index in [9.17, 15) is 14.4 Å². The van der Waals surface area contributed by atoms with E-state index in [0.717, 1.165) is 12.0 Å². The van der Waals surface area contributed by atoms with Crippen LogP contribution in [0.5, 0.6) is 0 Å². The molecule has 2 aromatic carbocycles. The summed E-state index contributed by atoms with van der Waals surface area (Å²) in [6.07, 6.45) is 1.57. The van der Waals surface area contributed by atoms with Gasteiger partial charge < -0.3 is 15.0 Å². The predicted molar refractivity (Wildman–Crippen MR) is 139 cm³/mol. The van der Waals surface area contributed by atoms with Gasteiger partial charge in [-0.3, -0.25) is 19.3 Å². The number of carbonyl (C=O) groups excluding carboxylic acids is 3. The number of ether oxygens (including phenoxy) is 1. The first kappa shape index (κ1) is 26.5. The molecule has 9 heteroatoms. The van der Waals surface area contributed by atoms with Gasteiger partial charge in [0.1, 0.15) is 11.8 Å². The summed E-state index contributed by atoms with van der Waals surface area (Å²) in [5.74, 6) is -0.634. The maximum Gasteiger partial charge on any atom is 0.256 e. The van der Waals surface area contributed by atoms with Crippen molar-refractivity contribution in [3.05, 3.63) is 69.2 Å². The SMILES string of the molecule is CC[C@@H](C)NC(=O)[C@H]1COC2(CCN(C(=O)c3ccc(Cl)c(Cl)c3)CC2)N1C(=O)c1cccc(C)c1. The number of aryl methyl sites for hydroxylation is 1. The third-order valence-electron chi connectivity index (χ3n) is 7.05. The van der Waals surface area contributed by atoms with Crippen LogP contribution in [-0.2, 0) is 9.53 Å². The van der Waals surface area contributed by atoms with Gasteiger partial charge >= 0.3 is 0 Å². The molecule has 2 saturated heterocycles. The first-order chi connectivity index (χ1) is 17.1. The summed E-state index contributed by atoms with van der Waals surface area (Å²) in [6, 6.07) is 11.4. The number of nitrogens with one attached hydrogen (secondary N) is 1. The van der Waals surface area contributed by atoms with Crippen LogP contribution in [-0.4, -0.2) is 65.0 Å². The Kier molecular flexibility index (Phi) is 7.93. The number of benzene rings is 2. The summed E-state index contributed by atoms with van der Waals surface area (Å²) in [6.45, 7) is 6.71. The number of hydrogen-bond acceptors (Lipinski definition) is 4. The molecule has 1 N–H and O–H groups in total. The van der Waals surface area contributed by atoms with Gasteiger partial charge in [0.25, 0.3) is 11.8 Å². The zero-order chi connectivity index (χ0) is 26.0. The van der Waals surface area contributed by atoms with E-state index in [2.05, 4.69) is 5.32 Å². The van der Waals surface area contributed by atoms with Crippen LogP contribution in [0.3, 0.4) is 0 Å². The molecular formula is C27H31Cl2N3O4. The molecule has 3 amide bonds. The molecule has 2 aliphatic heterocycles. The van der Waals surface area contributed by atoms with Gasteiger partial charge in [-0.1, -0.05) is 47.8 Å². The second-order valence-corrected chi connectivity index (χ2v) is 10.4. The number of piperidine rings is 1. The standard InChI is InChI=1S/C27H31Cl2N3O4/c1-4-18(3)30-24(33)23-16-36-27(32(23)26(35)19-7-5-6-17(2)14-19)10-12-31(13-11-27)25(34)20-8-9-21(28)22(29)15-20/h5-9,14-15,18,23H,4,10-13,16H2,1-3H3,(H,30,33)/t18-,23-/m1/s1. The molecule has 192 valence electrons. The first-order valence-corrected chi connectivity index (χ1v) is 13.0. The fourth-order valence-electron chi connectivity index (χ4n) is 4.80. The van der Waals surface area contributed by atoms with Gasteiger partial charge in [-0.2, -0.15) is 0 Å². The van der Waals surface area contributed by atoms with Gasteiger partial charge in [-0.15, -0.1) is 0 Å². The molecule has 7 nitrogen and oxygen atoms in total. The molecule has 2 fully saturated rings. The van der Waals surface area contributed by atoms with E-state index in [1.54, 1.807) is 34.1 Å². The number of hydrogen-bond donors (Lipinski definition) is 1. The van der Waals surface area contributed by atoms with Crippen molar-refractivity contribution >= 4 is 40.9 Å². The third kappa shape index (κ3) is 5.24. The minimum atomic E-state index is -0.966. The molecular weight excluding hydrogens is 501 g/mol. The van der Waals surface area contributed by atoms with Crippen LogP contribution in [0.2, 0.25) is 10.0 Å². The molecule has 36 heavy (non-hydrogen) atoms. The highest BCUT2D eigenvalue weighted by molar-refractivity contribution is 6.42. The first-order valence-electron chi connectivity index (χ1n) is 12.2. The molecule has 1 spiro atoms. The molecule has 2 atom stereocenters. The highest BCUT2D eigenvalue weighted by Gasteiger charge is 2.54. The lowest BCUT2D eigenvalue weighted by atomic mass is 9.95. The Morgan fingerprint density at radius 1 is 1.06 bits per heavy atom. The van der Waals surface area contributed by atoms with Crippen LogP contribution in [0.1, 0.15) is 59.4 Å². The summed E-state index contributed by atoms with van der Waals surface area (Å²) >= 11 is 12.1. The molecule has 0 aliphatic carbocycles. The van der Waals surface area contributed by atoms with E-state index in [0.29, 0.717) is 47.1 Å². The van der Waals surface area contributed by atoms with E-state index >= 15 is 0 Å². The van der Waals surface area contributed by atoms with Crippen molar-refractivity contribution < 1.29 is 19.1 Å². The van der Waals surface area contributed by atoms with Crippen molar-refractivity contribution in [3.8, 4) is 0 Å². The Bertz CT molecular complexity index is 1160. The van der Waals surface area contributed by atoms with E-state index in [1.807, 2.05) is 39.0 Å². The minimum absolute atomic E-state index is 0.0179. The summed E-state index contributed by atoms with van der Waals surface area (Å²) in [7, 11) is 0. The quantitative estimate of drug-likeness (QED) is 0.606. The normalized spacial score (nSPS) is 19.9. The molecule has 2 heterocycles. The van der Waals surface area contributed by atoms with Gasteiger partial charge in [0.05, 0.1) is 16.7 Å². The van der Waals surface area contributed by atoms with Gasteiger partial charge in [-0.05, 0) is 50.6 Å². The zero-order valence-corrected chi connectivity index (χ0v) is 22.2. The van der Waals surface area contributed by atoms with Crippen molar-refractivity contribution in [3.63, 3.8) is 0 Å². The smallest absolute Gasteiger partial charge is 0.256 e. The maximum atomic E-state index is 13.8. The minimum Gasteiger partial charge on any atom is -0.353 e. The van der Waals surface area contributed by atoms with Crippen molar-refractivity contribution in [1.29, 1.82) is 0 Å². The predicted octanol–water partition coefficient (Wildman–Crippen LogP) is 4.69. The lowest BCUT2D eigenvalue weighted by molar-refractivity contribution is -0.128. The van der Waals surface area contributed by atoms with E-state index in [4.69, 9.17) is 27.9 Å². The average Bonchev–Trinajstić information content (AvgIpc) is 3.23. The number of halogens is 2. The second kappa shape index (κ2) is 10.8. The molecule has 0 bridgehead atoms. The van der Waals surface area contributed by atoms with Crippen LogP contribution >= 0.6 is 23.2 Å². The Morgan fingerprint density at radius 2 is 1.75 bits per heavy atom. The van der Waals surface area contributed by atoms with Crippen molar-refractivity contribution in [1.82, 2.24) is 15.1 Å². The van der Waals surface area contributed by atoms with Gasteiger partial charge in [-0.25, -0.2) is 0 Å². The molecule has 0 aromatic heterocycles. The Balaban J connectivity index is 1.58. The van der Waals surface area contributed by atoms with Crippen LogP contribution in [0.4, 0.5) is 0 Å². The summed E-state index contributed by atoms with van der Waals surface area (Å²) in [4.78, 5) is 43.4. The highest BCUT2D eigenvalue weighted by atomic mass is 35.5. The lowest BCUT2D eigenvalue weighted by Gasteiger charge is -2.44. The van der Waals surface area contributed by atoms with E-state index < -0.39 is 11.8 Å². The molecule has 0 radical (unpaired) electrons. The van der Waals surface area contributed by atoms with Crippen molar-refractivity contribution in [2.24, 2.45) is 0 Å². The fourth-order valence-corrected chi connectivity index (χ4v) is 5.09. The molecule has 0 unspecified atom stereocenters. The van der Waals surface area contributed by atoms with E-state index in [-0.39, 0.29) is 30.4 Å². The topological polar surface area (TPSA) is 79.0 Å².